The topological polar surface area (TPSA) is 66.8 Å². The van der Waals surface area contributed by atoms with Crippen molar-refractivity contribution in [1.29, 1.82) is 0 Å². The molecule has 102 valence electrons. The van der Waals surface area contributed by atoms with Gasteiger partial charge in [0.05, 0.1) is 13.2 Å². The van der Waals surface area contributed by atoms with Crippen molar-refractivity contribution in [2.24, 2.45) is 0 Å². The third kappa shape index (κ3) is 4.60. The Morgan fingerprint density at radius 3 is 2.79 bits per heavy atom. The predicted molar refractivity (Wildman–Crippen MR) is 73.5 cm³/mol. The fraction of sp³-hybridized carbons (Fsp3) is 0.267. The van der Waals surface area contributed by atoms with Crippen LogP contribution in [0.1, 0.15) is 30.6 Å². The summed E-state index contributed by atoms with van der Waals surface area (Å²) >= 11 is 0. The Bertz CT molecular complexity index is 503. The van der Waals surface area contributed by atoms with Crippen LogP contribution in [0.25, 0.3) is 6.08 Å². The van der Waals surface area contributed by atoms with E-state index in [-0.39, 0.29) is 5.75 Å². The SMILES string of the molecule is C=C(C)C[C@H](O)c1cc(/C=C/C(=O)OC)ccc1O. The summed E-state index contributed by atoms with van der Waals surface area (Å²) in [7, 11) is 1.30. The predicted octanol–water partition coefficient (Wildman–Crippen LogP) is 2.58. The van der Waals surface area contributed by atoms with Gasteiger partial charge in [-0.3, -0.25) is 0 Å². The maximum atomic E-state index is 11.0. The van der Waals surface area contributed by atoms with E-state index >= 15 is 0 Å². The minimum atomic E-state index is -0.816. The lowest BCUT2D eigenvalue weighted by Crippen LogP contribution is -1.99. The van der Waals surface area contributed by atoms with Gasteiger partial charge in [-0.15, -0.1) is 6.58 Å². The highest BCUT2D eigenvalue weighted by Gasteiger charge is 2.12. The summed E-state index contributed by atoms with van der Waals surface area (Å²) in [6.45, 7) is 5.53. The molecule has 0 aliphatic carbocycles. The summed E-state index contributed by atoms with van der Waals surface area (Å²) in [6.07, 6.45) is 2.39. The molecule has 0 heterocycles. The average molecular weight is 262 g/mol. The summed E-state index contributed by atoms with van der Waals surface area (Å²) in [6, 6.07) is 4.75. The third-order valence-corrected chi connectivity index (χ3v) is 2.57. The van der Waals surface area contributed by atoms with Gasteiger partial charge in [0.1, 0.15) is 5.75 Å². The van der Waals surface area contributed by atoms with E-state index in [0.29, 0.717) is 17.5 Å². The average Bonchev–Trinajstić information content (AvgIpc) is 2.36. The number of aliphatic hydroxyl groups is 1. The fourth-order valence-electron chi connectivity index (χ4n) is 1.62. The van der Waals surface area contributed by atoms with Gasteiger partial charge in [0.15, 0.2) is 0 Å². The summed E-state index contributed by atoms with van der Waals surface area (Å²) in [5.41, 5.74) is 1.93. The molecule has 0 saturated heterocycles. The maximum absolute atomic E-state index is 11.0. The first-order chi connectivity index (χ1) is 8.93. The summed E-state index contributed by atoms with van der Waals surface area (Å²) in [4.78, 5) is 11.0. The Hall–Kier alpha value is -2.07. The molecule has 0 spiro atoms. The van der Waals surface area contributed by atoms with Crippen LogP contribution in [0, 0.1) is 0 Å². The van der Waals surface area contributed by atoms with Crippen LogP contribution >= 0.6 is 0 Å². The highest BCUT2D eigenvalue weighted by Crippen LogP contribution is 2.29. The number of aromatic hydroxyl groups is 1. The van der Waals surface area contributed by atoms with Crippen molar-refractivity contribution >= 4 is 12.0 Å². The first kappa shape index (κ1) is 15.0. The number of aliphatic hydroxyl groups excluding tert-OH is 1. The van der Waals surface area contributed by atoms with Crippen molar-refractivity contribution in [2.45, 2.75) is 19.4 Å². The second-order valence-electron chi connectivity index (χ2n) is 4.35. The van der Waals surface area contributed by atoms with Crippen molar-refractivity contribution in [3.05, 3.63) is 47.6 Å². The van der Waals surface area contributed by atoms with Gasteiger partial charge in [-0.05, 0) is 37.1 Å². The van der Waals surface area contributed by atoms with Crippen molar-refractivity contribution in [1.82, 2.24) is 0 Å². The molecule has 4 heteroatoms. The quantitative estimate of drug-likeness (QED) is 0.486. The Labute approximate surface area is 112 Å². The molecule has 0 saturated carbocycles. The highest BCUT2D eigenvalue weighted by atomic mass is 16.5. The molecule has 19 heavy (non-hydrogen) atoms. The van der Waals surface area contributed by atoms with Crippen LogP contribution in [0.5, 0.6) is 5.75 Å². The number of rotatable bonds is 5. The van der Waals surface area contributed by atoms with E-state index < -0.39 is 12.1 Å². The van der Waals surface area contributed by atoms with Gasteiger partial charge in [-0.1, -0.05) is 11.6 Å². The normalized spacial score (nSPS) is 12.4. The van der Waals surface area contributed by atoms with Crippen LogP contribution in [-0.4, -0.2) is 23.3 Å². The monoisotopic (exact) mass is 262 g/mol. The van der Waals surface area contributed by atoms with Gasteiger partial charge in [-0.25, -0.2) is 4.79 Å². The Kier molecular flexibility index (Phi) is 5.33. The van der Waals surface area contributed by atoms with Crippen molar-refractivity contribution in [3.8, 4) is 5.75 Å². The molecule has 0 aliphatic rings. The Balaban J connectivity index is 2.97. The number of benzene rings is 1. The van der Waals surface area contributed by atoms with Gasteiger partial charge in [-0.2, -0.15) is 0 Å². The van der Waals surface area contributed by atoms with Crippen LogP contribution in [0.2, 0.25) is 0 Å². The lowest BCUT2D eigenvalue weighted by atomic mass is 10.00. The van der Waals surface area contributed by atoms with E-state index in [1.807, 2.05) is 0 Å². The number of hydrogen-bond acceptors (Lipinski definition) is 4. The molecule has 0 fully saturated rings. The number of methoxy groups -OCH3 is 1. The zero-order valence-corrected chi connectivity index (χ0v) is 11.1. The van der Waals surface area contributed by atoms with Gasteiger partial charge < -0.3 is 14.9 Å². The first-order valence-corrected chi connectivity index (χ1v) is 5.85. The van der Waals surface area contributed by atoms with E-state index in [1.165, 1.54) is 19.3 Å². The van der Waals surface area contributed by atoms with Gasteiger partial charge in [0, 0.05) is 11.6 Å². The van der Waals surface area contributed by atoms with Crippen LogP contribution in [0.15, 0.2) is 36.4 Å². The highest BCUT2D eigenvalue weighted by molar-refractivity contribution is 5.87. The molecule has 0 radical (unpaired) electrons. The largest absolute Gasteiger partial charge is 0.508 e. The second-order valence-corrected chi connectivity index (χ2v) is 4.35. The smallest absolute Gasteiger partial charge is 0.330 e. The molecule has 1 aromatic rings. The van der Waals surface area contributed by atoms with E-state index in [2.05, 4.69) is 11.3 Å². The number of esters is 1. The molecule has 0 aromatic heterocycles. The van der Waals surface area contributed by atoms with Gasteiger partial charge >= 0.3 is 5.97 Å². The summed E-state index contributed by atoms with van der Waals surface area (Å²) in [5.74, 6) is -0.443. The number of carbonyl (C=O) groups is 1. The standard InChI is InChI=1S/C15H18O4/c1-10(2)8-14(17)12-9-11(4-6-13(12)16)5-7-15(18)19-3/h4-7,9,14,16-17H,1,8H2,2-3H3/b7-5+/t14-/m0/s1. The number of ether oxygens (including phenoxy) is 1. The molecule has 0 aliphatic heterocycles. The van der Waals surface area contributed by atoms with E-state index in [9.17, 15) is 15.0 Å². The number of carbonyl (C=O) groups excluding carboxylic acids is 1. The molecule has 2 N–H and O–H groups in total. The van der Waals surface area contributed by atoms with E-state index in [1.54, 1.807) is 25.1 Å². The molecule has 1 atom stereocenters. The first-order valence-electron chi connectivity index (χ1n) is 5.85. The van der Waals surface area contributed by atoms with Crippen molar-refractivity contribution in [3.63, 3.8) is 0 Å². The maximum Gasteiger partial charge on any atom is 0.330 e. The number of phenols is 1. The molecule has 0 bridgehead atoms. The van der Waals surface area contributed by atoms with Gasteiger partial charge in [0.25, 0.3) is 0 Å². The van der Waals surface area contributed by atoms with Crippen LogP contribution in [0.4, 0.5) is 0 Å². The zero-order valence-electron chi connectivity index (χ0n) is 11.1. The van der Waals surface area contributed by atoms with Gasteiger partial charge in [0.2, 0.25) is 0 Å². The molecule has 0 unspecified atom stereocenters. The third-order valence-electron chi connectivity index (χ3n) is 2.57. The van der Waals surface area contributed by atoms with Crippen molar-refractivity contribution in [2.75, 3.05) is 7.11 Å². The van der Waals surface area contributed by atoms with Crippen LogP contribution in [-0.2, 0) is 9.53 Å². The lowest BCUT2D eigenvalue weighted by molar-refractivity contribution is -0.134. The van der Waals surface area contributed by atoms with Crippen LogP contribution < -0.4 is 0 Å². The molecule has 1 rings (SSSR count). The molecule has 0 amide bonds. The summed E-state index contributed by atoms with van der Waals surface area (Å²) < 4.78 is 4.49. The van der Waals surface area contributed by atoms with Crippen molar-refractivity contribution < 1.29 is 19.7 Å². The Morgan fingerprint density at radius 2 is 2.21 bits per heavy atom. The number of phenolic OH excluding ortho intramolecular Hbond substituents is 1. The molecular formula is C15H18O4. The van der Waals surface area contributed by atoms with Crippen LogP contribution in [0.3, 0.4) is 0 Å². The van der Waals surface area contributed by atoms with E-state index in [0.717, 1.165) is 5.57 Å². The molecular weight excluding hydrogens is 244 g/mol. The minimum Gasteiger partial charge on any atom is -0.508 e. The molecule has 1 aromatic carbocycles. The van der Waals surface area contributed by atoms with E-state index in [4.69, 9.17) is 0 Å². The fourth-order valence-corrected chi connectivity index (χ4v) is 1.62. The lowest BCUT2D eigenvalue weighted by Gasteiger charge is -2.13. The summed E-state index contributed by atoms with van der Waals surface area (Å²) in [5, 5.41) is 19.7. The zero-order chi connectivity index (χ0) is 14.4. The minimum absolute atomic E-state index is 0.0176. The second kappa shape index (κ2) is 6.75. The number of hydrogen-bond donors (Lipinski definition) is 2. The molecule has 4 nitrogen and oxygen atoms in total. The Morgan fingerprint density at radius 1 is 1.53 bits per heavy atom.